The molecule has 0 spiro atoms. The number of hydrogen-bond acceptors (Lipinski definition) is 5. The van der Waals surface area contributed by atoms with Crippen LogP contribution in [0.1, 0.15) is 6.42 Å². The Bertz CT molecular complexity index is 840. The number of nitrogens with one attached hydrogen (secondary N) is 1. The summed E-state index contributed by atoms with van der Waals surface area (Å²) in [5.74, 6) is -0.779. The number of non-ortho nitro benzene ring substituents is 1. The fraction of sp³-hybridized carbons (Fsp3) is 0.125. The summed E-state index contributed by atoms with van der Waals surface area (Å²) >= 11 is 5.90. The van der Waals surface area contributed by atoms with E-state index in [4.69, 9.17) is 11.6 Å². The first-order valence-corrected chi connectivity index (χ1v) is 7.47. The molecule has 1 heterocycles. The van der Waals surface area contributed by atoms with E-state index in [-0.39, 0.29) is 18.0 Å². The lowest BCUT2D eigenvalue weighted by Crippen LogP contribution is -2.34. The maximum absolute atomic E-state index is 12.5. The van der Waals surface area contributed by atoms with Crippen molar-refractivity contribution in [1.29, 1.82) is 0 Å². The van der Waals surface area contributed by atoms with Crippen molar-refractivity contribution in [1.82, 2.24) is 0 Å². The molecule has 2 aromatic rings. The van der Waals surface area contributed by atoms with Crippen LogP contribution < -0.4 is 10.2 Å². The van der Waals surface area contributed by atoms with Crippen LogP contribution in [0.15, 0.2) is 48.5 Å². The molecule has 0 bridgehead atoms. The highest BCUT2D eigenvalue weighted by Crippen LogP contribution is 2.27. The number of benzene rings is 2. The molecule has 24 heavy (non-hydrogen) atoms. The predicted octanol–water partition coefficient (Wildman–Crippen LogP) is 2.99. The Morgan fingerprint density at radius 2 is 1.92 bits per heavy atom. The molecule has 1 aliphatic heterocycles. The normalized spacial score (nSPS) is 17.2. The molecular formula is C16H12ClN3O4. The fourth-order valence-electron chi connectivity index (χ4n) is 2.54. The number of nitro benzene ring substituents is 1. The summed E-state index contributed by atoms with van der Waals surface area (Å²) < 4.78 is 0. The highest BCUT2D eigenvalue weighted by atomic mass is 35.5. The van der Waals surface area contributed by atoms with Gasteiger partial charge in [-0.15, -0.1) is 0 Å². The lowest BCUT2D eigenvalue weighted by atomic mass is 10.2. The topological polar surface area (TPSA) is 92.5 Å². The molecule has 0 unspecified atom stereocenters. The number of nitrogens with zero attached hydrogens (tertiary/aromatic N) is 2. The zero-order valence-electron chi connectivity index (χ0n) is 12.3. The monoisotopic (exact) mass is 345 g/mol. The molecule has 2 amide bonds. The van der Waals surface area contributed by atoms with Crippen molar-refractivity contribution in [2.75, 3.05) is 10.2 Å². The summed E-state index contributed by atoms with van der Waals surface area (Å²) in [6.07, 6.45) is -0.0337. The molecule has 7 nitrogen and oxygen atoms in total. The van der Waals surface area contributed by atoms with E-state index in [9.17, 15) is 19.7 Å². The highest BCUT2D eigenvalue weighted by Gasteiger charge is 2.39. The molecule has 1 N–H and O–H groups in total. The molecule has 1 aliphatic rings. The van der Waals surface area contributed by atoms with Crippen LogP contribution in [0.3, 0.4) is 0 Å². The van der Waals surface area contributed by atoms with Crippen molar-refractivity contribution < 1.29 is 14.5 Å². The van der Waals surface area contributed by atoms with E-state index in [0.29, 0.717) is 16.4 Å². The second-order valence-corrected chi connectivity index (χ2v) is 5.69. The van der Waals surface area contributed by atoms with Crippen LogP contribution in [-0.4, -0.2) is 22.8 Å². The van der Waals surface area contributed by atoms with E-state index in [1.165, 1.54) is 24.3 Å². The zero-order chi connectivity index (χ0) is 17.3. The summed E-state index contributed by atoms with van der Waals surface area (Å²) in [5, 5.41) is 14.1. The Kier molecular flexibility index (Phi) is 4.18. The predicted molar refractivity (Wildman–Crippen MR) is 89.1 cm³/mol. The summed E-state index contributed by atoms with van der Waals surface area (Å²) in [7, 11) is 0. The van der Waals surface area contributed by atoms with Crippen molar-refractivity contribution in [2.45, 2.75) is 12.5 Å². The van der Waals surface area contributed by atoms with Crippen LogP contribution in [0.5, 0.6) is 0 Å². The van der Waals surface area contributed by atoms with Crippen LogP contribution in [0.2, 0.25) is 5.02 Å². The zero-order valence-corrected chi connectivity index (χ0v) is 13.1. The quantitative estimate of drug-likeness (QED) is 0.522. The number of amides is 2. The largest absolute Gasteiger partial charge is 0.373 e. The molecule has 122 valence electrons. The molecule has 0 radical (unpaired) electrons. The van der Waals surface area contributed by atoms with Gasteiger partial charge < -0.3 is 5.32 Å². The van der Waals surface area contributed by atoms with Crippen molar-refractivity contribution >= 4 is 40.5 Å². The van der Waals surface area contributed by atoms with Gasteiger partial charge in [0.2, 0.25) is 5.91 Å². The van der Waals surface area contributed by atoms with Gasteiger partial charge in [-0.25, -0.2) is 4.90 Å². The third kappa shape index (κ3) is 3.07. The number of hydrogen-bond donors (Lipinski definition) is 1. The van der Waals surface area contributed by atoms with Gasteiger partial charge in [-0.1, -0.05) is 23.7 Å². The van der Waals surface area contributed by atoms with E-state index in [1.807, 2.05) is 0 Å². The SMILES string of the molecule is O=C1C[C@H](Nc2cccc([N+](=O)[O-])c2)C(=O)N1c1cccc(Cl)c1. The van der Waals surface area contributed by atoms with Gasteiger partial charge in [0.1, 0.15) is 6.04 Å². The molecule has 0 aliphatic carbocycles. The van der Waals surface area contributed by atoms with Gasteiger partial charge in [0.05, 0.1) is 17.0 Å². The Morgan fingerprint density at radius 1 is 1.17 bits per heavy atom. The lowest BCUT2D eigenvalue weighted by Gasteiger charge is -2.16. The van der Waals surface area contributed by atoms with E-state index >= 15 is 0 Å². The van der Waals surface area contributed by atoms with Crippen LogP contribution in [-0.2, 0) is 9.59 Å². The van der Waals surface area contributed by atoms with Crippen molar-refractivity contribution in [3.63, 3.8) is 0 Å². The summed E-state index contributed by atoms with van der Waals surface area (Å²) in [6.45, 7) is 0. The molecule has 0 saturated carbocycles. The van der Waals surface area contributed by atoms with Gasteiger partial charge in [-0.05, 0) is 24.3 Å². The number of carbonyl (C=O) groups is 2. The van der Waals surface area contributed by atoms with Gasteiger partial charge in [0.15, 0.2) is 0 Å². The number of imide groups is 1. The van der Waals surface area contributed by atoms with Crippen LogP contribution in [0.4, 0.5) is 17.1 Å². The second-order valence-electron chi connectivity index (χ2n) is 5.26. The third-order valence-corrected chi connectivity index (χ3v) is 3.85. The Morgan fingerprint density at radius 3 is 2.62 bits per heavy atom. The van der Waals surface area contributed by atoms with Gasteiger partial charge in [0, 0.05) is 22.8 Å². The average molecular weight is 346 g/mol. The lowest BCUT2D eigenvalue weighted by molar-refractivity contribution is -0.384. The number of nitro groups is 1. The second kappa shape index (κ2) is 6.29. The number of anilines is 2. The minimum Gasteiger partial charge on any atom is -0.373 e. The van der Waals surface area contributed by atoms with Crippen molar-refractivity contribution in [2.24, 2.45) is 0 Å². The first-order valence-electron chi connectivity index (χ1n) is 7.09. The highest BCUT2D eigenvalue weighted by molar-refractivity contribution is 6.31. The summed E-state index contributed by atoms with van der Waals surface area (Å²) in [5.41, 5.74) is 0.715. The van der Waals surface area contributed by atoms with Gasteiger partial charge in [0.25, 0.3) is 11.6 Å². The fourth-order valence-corrected chi connectivity index (χ4v) is 2.73. The van der Waals surface area contributed by atoms with E-state index < -0.39 is 16.9 Å². The molecular weight excluding hydrogens is 334 g/mol. The average Bonchev–Trinajstić information content (AvgIpc) is 2.81. The number of halogens is 1. The van der Waals surface area contributed by atoms with E-state index in [2.05, 4.69) is 5.32 Å². The minimum absolute atomic E-state index is 0.0337. The van der Waals surface area contributed by atoms with Gasteiger partial charge >= 0.3 is 0 Å². The molecule has 0 aromatic heterocycles. The Hall–Kier alpha value is -2.93. The smallest absolute Gasteiger partial charge is 0.271 e. The number of carbonyl (C=O) groups excluding carboxylic acids is 2. The Labute approximate surface area is 142 Å². The van der Waals surface area contributed by atoms with Gasteiger partial charge in [-0.2, -0.15) is 0 Å². The maximum atomic E-state index is 12.5. The maximum Gasteiger partial charge on any atom is 0.271 e. The summed E-state index contributed by atoms with van der Waals surface area (Å²) in [4.78, 5) is 36.1. The molecule has 3 rings (SSSR count). The van der Waals surface area contributed by atoms with Crippen molar-refractivity contribution in [3.05, 3.63) is 63.7 Å². The Balaban J connectivity index is 1.82. The van der Waals surface area contributed by atoms with Gasteiger partial charge in [-0.3, -0.25) is 19.7 Å². The first-order chi connectivity index (χ1) is 11.5. The van der Waals surface area contributed by atoms with Crippen LogP contribution in [0, 0.1) is 10.1 Å². The molecule has 2 aromatic carbocycles. The minimum atomic E-state index is -0.779. The van der Waals surface area contributed by atoms with Crippen molar-refractivity contribution in [3.8, 4) is 0 Å². The molecule has 1 atom stereocenters. The molecule has 8 heteroatoms. The van der Waals surface area contributed by atoms with Crippen LogP contribution >= 0.6 is 11.6 Å². The third-order valence-electron chi connectivity index (χ3n) is 3.61. The standard InChI is InChI=1S/C16H12ClN3O4/c17-10-3-1-5-12(7-10)19-15(21)9-14(16(19)22)18-11-4-2-6-13(8-11)20(23)24/h1-8,14,18H,9H2/t14-/m0/s1. The van der Waals surface area contributed by atoms with E-state index in [0.717, 1.165) is 4.90 Å². The van der Waals surface area contributed by atoms with Crippen LogP contribution in [0.25, 0.3) is 0 Å². The molecule has 1 fully saturated rings. The first kappa shape index (κ1) is 15.9. The van der Waals surface area contributed by atoms with E-state index in [1.54, 1.807) is 24.3 Å². The number of rotatable bonds is 4. The summed E-state index contributed by atoms with van der Waals surface area (Å²) in [6, 6.07) is 11.5. The molecule has 1 saturated heterocycles.